The Morgan fingerprint density at radius 1 is 0.968 bits per heavy atom. The monoisotopic (exact) mass is 441 g/mol. The molecule has 1 aromatic heterocycles. The normalized spacial score (nSPS) is 13.8. The van der Waals surface area contributed by atoms with Crippen molar-refractivity contribution in [2.24, 2.45) is 0 Å². The third kappa shape index (κ3) is 4.83. The van der Waals surface area contributed by atoms with Gasteiger partial charge < -0.3 is 19.9 Å². The third-order valence-corrected chi connectivity index (χ3v) is 6.06. The summed E-state index contributed by atoms with van der Waals surface area (Å²) in [5.41, 5.74) is 0.707. The predicted octanol–water partition coefficient (Wildman–Crippen LogP) is 3.57. The van der Waals surface area contributed by atoms with E-state index in [0.717, 1.165) is 11.3 Å². The number of rotatable bonds is 4. The molecule has 7 nitrogen and oxygen atoms in total. The van der Waals surface area contributed by atoms with Gasteiger partial charge in [0.25, 0.3) is 5.91 Å². The molecule has 1 aliphatic rings. The van der Waals surface area contributed by atoms with Crippen LogP contribution in [0.25, 0.3) is 10.1 Å². The Morgan fingerprint density at radius 3 is 2.39 bits per heavy atom. The van der Waals surface area contributed by atoms with E-state index in [9.17, 15) is 18.8 Å². The number of amides is 3. The van der Waals surface area contributed by atoms with Crippen molar-refractivity contribution in [1.82, 2.24) is 9.80 Å². The first-order valence-corrected chi connectivity index (χ1v) is 10.6. The maximum Gasteiger partial charge on any atom is 0.348 e. The van der Waals surface area contributed by atoms with Crippen LogP contribution in [0.1, 0.15) is 9.67 Å². The summed E-state index contributed by atoms with van der Waals surface area (Å²) in [7, 11) is 0. The Labute approximate surface area is 182 Å². The molecule has 4 rings (SSSR count). The summed E-state index contributed by atoms with van der Waals surface area (Å²) in [4.78, 5) is 40.4. The number of anilines is 1. The minimum Gasteiger partial charge on any atom is -0.451 e. The van der Waals surface area contributed by atoms with Gasteiger partial charge in [-0.15, -0.1) is 11.3 Å². The van der Waals surface area contributed by atoms with Crippen molar-refractivity contribution >= 4 is 45.0 Å². The highest BCUT2D eigenvalue weighted by molar-refractivity contribution is 7.20. The summed E-state index contributed by atoms with van der Waals surface area (Å²) in [5, 5.41) is 3.17. The quantitative estimate of drug-likeness (QED) is 0.628. The second kappa shape index (κ2) is 9.13. The van der Waals surface area contributed by atoms with Crippen molar-refractivity contribution in [3.05, 3.63) is 65.3 Å². The highest BCUT2D eigenvalue weighted by Crippen LogP contribution is 2.28. The van der Waals surface area contributed by atoms with Gasteiger partial charge in [-0.25, -0.2) is 14.0 Å². The van der Waals surface area contributed by atoms with E-state index in [-0.39, 0.29) is 16.8 Å². The van der Waals surface area contributed by atoms with Crippen LogP contribution in [0.2, 0.25) is 0 Å². The Balaban J connectivity index is 1.25. The predicted molar refractivity (Wildman–Crippen MR) is 116 cm³/mol. The Bertz CT molecular complexity index is 1110. The molecular weight excluding hydrogens is 421 g/mol. The van der Waals surface area contributed by atoms with E-state index in [1.165, 1.54) is 12.1 Å². The molecule has 0 aliphatic carbocycles. The molecule has 0 atom stereocenters. The zero-order valence-corrected chi connectivity index (χ0v) is 17.4. The van der Waals surface area contributed by atoms with Crippen LogP contribution in [0, 0.1) is 5.82 Å². The van der Waals surface area contributed by atoms with Gasteiger partial charge in [0.15, 0.2) is 6.61 Å². The molecule has 0 unspecified atom stereocenters. The number of para-hydroxylation sites is 1. The Kier molecular flexibility index (Phi) is 6.13. The smallest absolute Gasteiger partial charge is 0.348 e. The number of hydrogen-bond acceptors (Lipinski definition) is 5. The molecule has 160 valence electrons. The number of piperazine rings is 1. The number of benzene rings is 2. The van der Waals surface area contributed by atoms with Gasteiger partial charge in [0.1, 0.15) is 10.7 Å². The van der Waals surface area contributed by atoms with E-state index < -0.39 is 18.4 Å². The van der Waals surface area contributed by atoms with Gasteiger partial charge >= 0.3 is 12.0 Å². The molecule has 1 saturated heterocycles. The third-order valence-electron chi connectivity index (χ3n) is 4.98. The van der Waals surface area contributed by atoms with E-state index in [4.69, 9.17) is 4.74 Å². The van der Waals surface area contributed by atoms with Crippen LogP contribution in [0.15, 0.2) is 54.6 Å². The lowest BCUT2D eigenvalue weighted by Crippen LogP contribution is -2.52. The second-order valence-electron chi connectivity index (χ2n) is 7.00. The van der Waals surface area contributed by atoms with Gasteiger partial charge in [-0.1, -0.05) is 24.3 Å². The number of halogens is 1. The zero-order valence-electron chi connectivity index (χ0n) is 16.5. The van der Waals surface area contributed by atoms with Crippen molar-refractivity contribution in [2.45, 2.75) is 0 Å². The summed E-state index contributed by atoms with van der Waals surface area (Å²) < 4.78 is 19.6. The van der Waals surface area contributed by atoms with Gasteiger partial charge in [-0.2, -0.15) is 0 Å². The van der Waals surface area contributed by atoms with Crippen LogP contribution < -0.4 is 5.32 Å². The number of hydrogen-bond donors (Lipinski definition) is 1. The number of fused-ring (bicyclic) bond motifs is 1. The highest BCUT2D eigenvalue weighted by atomic mass is 32.1. The number of nitrogens with one attached hydrogen (secondary N) is 1. The van der Waals surface area contributed by atoms with Crippen molar-refractivity contribution in [3.8, 4) is 0 Å². The van der Waals surface area contributed by atoms with Crippen LogP contribution >= 0.6 is 11.3 Å². The average molecular weight is 441 g/mol. The molecule has 0 saturated carbocycles. The summed E-state index contributed by atoms with van der Waals surface area (Å²) in [6.07, 6.45) is 0. The average Bonchev–Trinajstić information content (AvgIpc) is 3.24. The van der Waals surface area contributed by atoms with E-state index in [1.807, 2.05) is 18.2 Å². The molecule has 2 aromatic carbocycles. The fourth-order valence-corrected chi connectivity index (χ4v) is 4.27. The number of carbonyl (C=O) groups is 3. The number of ether oxygens (including phenoxy) is 1. The number of thiophene rings is 1. The van der Waals surface area contributed by atoms with Crippen molar-refractivity contribution in [3.63, 3.8) is 0 Å². The summed E-state index contributed by atoms with van der Waals surface area (Å²) >= 11 is 1.12. The van der Waals surface area contributed by atoms with Gasteiger partial charge in [-0.3, -0.25) is 4.79 Å². The molecule has 0 spiro atoms. The number of esters is 1. The standard InChI is InChI=1S/C22H20FN3O4S/c23-17-7-4-8-18-16(17)13-19(31-18)21(28)30-14-20(27)25-9-11-26(12-10-25)22(29)24-15-5-2-1-3-6-15/h1-8,13H,9-12,14H2,(H,24,29). The summed E-state index contributed by atoms with van der Waals surface area (Å²) in [6, 6.07) is 15.0. The van der Waals surface area contributed by atoms with Crippen LogP contribution in [0.3, 0.4) is 0 Å². The minimum atomic E-state index is -0.658. The zero-order chi connectivity index (χ0) is 21.8. The lowest BCUT2D eigenvalue weighted by molar-refractivity contribution is -0.135. The van der Waals surface area contributed by atoms with Crippen molar-refractivity contribution < 1.29 is 23.5 Å². The molecule has 1 fully saturated rings. The first-order chi connectivity index (χ1) is 15.0. The maximum atomic E-state index is 13.8. The lowest BCUT2D eigenvalue weighted by Gasteiger charge is -2.34. The summed E-state index contributed by atoms with van der Waals surface area (Å²) in [6.45, 7) is 1.08. The molecule has 9 heteroatoms. The molecule has 0 bridgehead atoms. The second-order valence-corrected chi connectivity index (χ2v) is 8.09. The van der Waals surface area contributed by atoms with Crippen LogP contribution in [-0.4, -0.2) is 60.5 Å². The minimum absolute atomic E-state index is 0.221. The van der Waals surface area contributed by atoms with E-state index in [2.05, 4.69) is 5.32 Å². The topological polar surface area (TPSA) is 79.0 Å². The van der Waals surface area contributed by atoms with E-state index >= 15 is 0 Å². The van der Waals surface area contributed by atoms with Gasteiger partial charge in [0.05, 0.1) is 0 Å². The first kappa shape index (κ1) is 20.8. The van der Waals surface area contributed by atoms with Crippen molar-refractivity contribution in [2.75, 3.05) is 38.1 Å². The Hall–Kier alpha value is -3.46. The van der Waals surface area contributed by atoms with Gasteiger partial charge in [0, 0.05) is 42.0 Å². The fourth-order valence-electron chi connectivity index (χ4n) is 3.30. The molecule has 3 aromatic rings. The van der Waals surface area contributed by atoms with E-state index in [0.29, 0.717) is 42.0 Å². The molecule has 3 amide bonds. The van der Waals surface area contributed by atoms with Crippen LogP contribution in [-0.2, 0) is 9.53 Å². The maximum absolute atomic E-state index is 13.8. The molecule has 31 heavy (non-hydrogen) atoms. The molecule has 1 aliphatic heterocycles. The van der Waals surface area contributed by atoms with Gasteiger partial charge in [0.2, 0.25) is 0 Å². The molecule has 0 radical (unpaired) electrons. The first-order valence-electron chi connectivity index (χ1n) is 9.75. The van der Waals surface area contributed by atoms with Crippen LogP contribution in [0.5, 0.6) is 0 Å². The number of nitrogens with zero attached hydrogens (tertiary/aromatic N) is 2. The lowest BCUT2D eigenvalue weighted by atomic mass is 10.2. The van der Waals surface area contributed by atoms with Crippen LogP contribution in [0.4, 0.5) is 14.9 Å². The number of carbonyl (C=O) groups excluding carboxylic acids is 3. The SMILES string of the molecule is O=C(OCC(=O)N1CCN(C(=O)Nc2ccccc2)CC1)c1cc2c(F)cccc2s1. The largest absolute Gasteiger partial charge is 0.451 e. The van der Waals surface area contributed by atoms with Crippen molar-refractivity contribution in [1.29, 1.82) is 0 Å². The summed E-state index contributed by atoms with van der Waals surface area (Å²) in [5.74, 6) is -1.39. The van der Waals surface area contributed by atoms with E-state index in [1.54, 1.807) is 34.1 Å². The Morgan fingerprint density at radius 2 is 1.68 bits per heavy atom. The fraction of sp³-hybridized carbons (Fsp3) is 0.227. The molecule has 2 heterocycles. The highest BCUT2D eigenvalue weighted by Gasteiger charge is 2.25. The molecule has 1 N–H and O–H groups in total. The molecular formula is C22H20FN3O4S. The number of urea groups is 1. The van der Waals surface area contributed by atoms with Gasteiger partial charge in [-0.05, 0) is 30.3 Å².